The Morgan fingerprint density at radius 1 is 1.10 bits per heavy atom. The average molecular weight is 415 g/mol. The van der Waals surface area contributed by atoms with Gasteiger partial charge in [-0.3, -0.25) is 0 Å². The molecule has 4 N–H and O–H groups in total. The molecule has 0 radical (unpaired) electrons. The van der Waals surface area contributed by atoms with Gasteiger partial charge < -0.3 is 20.6 Å². The number of nitrogen functional groups attached to an aromatic ring is 2. The third kappa shape index (κ3) is 3.58. The monoisotopic (exact) mass is 415 g/mol. The van der Waals surface area contributed by atoms with Gasteiger partial charge in [0.15, 0.2) is 5.82 Å². The minimum absolute atomic E-state index is 0.0355. The lowest BCUT2D eigenvalue weighted by molar-refractivity contribution is -0.137. The third-order valence-electron chi connectivity index (χ3n) is 4.96. The molecule has 9 heteroatoms. The molecule has 4 rings (SSSR count). The number of aryl methyl sites for hydroxylation is 1. The molecule has 0 aliphatic heterocycles. The zero-order valence-corrected chi connectivity index (χ0v) is 16.2. The van der Waals surface area contributed by atoms with Crippen LogP contribution in [0.3, 0.4) is 0 Å². The van der Waals surface area contributed by atoms with Crippen LogP contribution >= 0.6 is 0 Å². The van der Waals surface area contributed by atoms with Crippen LogP contribution in [0.15, 0.2) is 47.0 Å². The summed E-state index contributed by atoms with van der Waals surface area (Å²) in [6, 6.07) is 10.4. The minimum Gasteiger partial charge on any atom is -0.397 e. The summed E-state index contributed by atoms with van der Waals surface area (Å²) in [4.78, 5) is 4.30. The molecule has 30 heavy (non-hydrogen) atoms. The predicted molar refractivity (Wildman–Crippen MR) is 109 cm³/mol. The Morgan fingerprint density at radius 3 is 2.63 bits per heavy atom. The quantitative estimate of drug-likeness (QED) is 0.453. The van der Waals surface area contributed by atoms with Crippen molar-refractivity contribution in [2.24, 2.45) is 0 Å². The molecule has 0 saturated carbocycles. The number of rotatable bonds is 5. The SMILES string of the molecule is CCCc1cc2c(N)c(N)ccc2n1Cc1noc(-c2cccc(C(F)(F)F)c2)n1. The van der Waals surface area contributed by atoms with Crippen LogP contribution in [0.1, 0.15) is 30.4 Å². The smallest absolute Gasteiger partial charge is 0.397 e. The fourth-order valence-electron chi connectivity index (χ4n) is 3.48. The van der Waals surface area contributed by atoms with Crippen LogP contribution in [0.4, 0.5) is 24.5 Å². The van der Waals surface area contributed by atoms with Crippen molar-refractivity contribution in [1.82, 2.24) is 14.7 Å². The number of alkyl halides is 3. The summed E-state index contributed by atoms with van der Waals surface area (Å²) in [5.74, 6) is 0.390. The molecular weight excluding hydrogens is 395 g/mol. The maximum absolute atomic E-state index is 13.0. The first-order valence-corrected chi connectivity index (χ1v) is 9.44. The summed E-state index contributed by atoms with van der Waals surface area (Å²) < 4.78 is 46.2. The summed E-state index contributed by atoms with van der Waals surface area (Å²) in [5.41, 5.74) is 14.5. The van der Waals surface area contributed by atoms with E-state index in [1.54, 1.807) is 6.07 Å². The van der Waals surface area contributed by atoms with E-state index in [0.717, 1.165) is 41.6 Å². The largest absolute Gasteiger partial charge is 0.416 e. The Kier molecular flexibility index (Phi) is 4.89. The van der Waals surface area contributed by atoms with Gasteiger partial charge in [0.25, 0.3) is 5.89 Å². The molecule has 0 bridgehead atoms. The molecule has 0 fully saturated rings. The molecule has 0 saturated heterocycles. The Bertz CT molecular complexity index is 1210. The van der Waals surface area contributed by atoms with E-state index in [1.165, 1.54) is 12.1 Å². The number of fused-ring (bicyclic) bond motifs is 1. The van der Waals surface area contributed by atoms with Gasteiger partial charge in [0.05, 0.1) is 29.0 Å². The van der Waals surface area contributed by atoms with Crippen molar-refractivity contribution < 1.29 is 17.7 Å². The van der Waals surface area contributed by atoms with E-state index in [4.69, 9.17) is 16.0 Å². The Hall–Kier alpha value is -3.49. The molecule has 0 amide bonds. The summed E-state index contributed by atoms with van der Waals surface area (Å²) in [5, 5.41) is 4.81. The van der Waals surface area contributed by atoms with Crippen LogP contribution in [0.5, 0.6) is 0 Å². The molecule has 2 heterocycles. The van der Waals surface area contributed by atoms with Gasteiger partial charge >= 0.3 is 6.18 Å². The molecule has 0 unspecified atom stereocenters. The average Bonchev–Trinajstić information content (AvgIpc) is 3.31. The van der Waals surface area contributed by atoms with Crippen LogP contribution in [0.25, 0.3) is 22.4 Å². The standard InChI is InChI=1S/C21H20F3N5O/c1-2-4-14-10-15-17(8-7-16(25)19(15)26)29(14)11-18-27-20(30-28-18)12-5-3-6-13(9-12)21(22,23)24/h3,5-10H,2,4,11,25-26H2,1H3. The van der Waals surface area contributed by atoms with E-state index in [9.17, 15) is 13.2 Å². The number of nitrogens with zero attached hydrogens (tertiary/aromatic N) is 3. The highest BCUT2D eigenvalue weighted by atomic mass is 19.4. The summed E-state index contributed by atoms with van der Waals surface area (Å²) in [6.07, 6.45) is -2.71. The Morgan fingerprint density at radius 2 is 1.90 bits per heavy atom. The first-order valence-electron chi connectivity index (χ1n) is 9.44. The van der Waals surface area contributed by atoms with Gasteiger partial charge in [0.1, 0.15) is 0 Å². The van der Waals surface area contributed by atoms with Crippen molar-refractivity contribution >= 4 is 22.3 Å². The first kappa shape index (κ1) is 19.8. The molecule has 0 atom stereocenters. The molecule has 0 spiro atoms. The Labute approximate surface area is 170 Å². The maximum atomic E-state index is 13.0. The highest BCUT2D eigenvalue weighted by Gasteiger charge is 2.31. The molecular formula is C21H20F3N5O. The Balaban J connectivity index is 1.70. The lowest BCUT2D eigenvalue weighted by Crippen LogP contribution is -2.06. The molecule has 6 nitrogen and oxygen atoms in total. The molecule has 4 aromatic rings. The zero-order chi connectivity index (χ0) is 21.5. The third-order valence-corrected chi connectivity index (χ3v) is 4.96. The molecule has 0 aliphatic rings. The zero-order valence-electron chi connectivity index (χ0n) is 16.2. The van der Waals surface area contributed by atoms with Crippen LogP contribution in [-0.2, 0) is 19.1 Å². The molecule has 2 aromatic carbocycles. The number of aromatic nitrogens is 3. The number of halogens is 3. The van der Waals surface area contributed by atoms with Crippen LogP contribution in [0.2, 0.25) is 0 Å². The van der Waals surface area contributed by atoms with E-state index in [-0.39, 0.29) is 11.5 Å². The molecule has 2 aromatic heterocycles. The fourth-order valence-corrected chi connectivity index (χ4v) is 3.48. The van der Waals surface area contributed by atoms with E-state index in [1.807, 2.05) is 16.7 Å². The number of nitrogens with two attached hydrogens (primary N) is 2. The number of benzene rings is 2. The first-order chi connectivity index (χ1) is 14.3. The normalized spacial score (nSPS) is 12.0. The van der Waals surface area contributed by atoms with Gasteiger partial charge in [-0.1, -0.05) is 24.6 Å². The van der Waals surface area contributed by atoms with Gasteiger partial charge in [0, 0.05) is 16.6 Å². The second-order valence-electron chi connectivity index (χ2n) is 7.07. The second-order valence-corrected chi connectivity index (χ2v) is 7.07. The van der Waals surface area contributed by atoms with E-state index in [0.29, 0.717) is 23.7 Å². The van der Waals surface area contributed by atoms with Crippen LogP contribution in [-0.4, -0.2) is 14.7 Å². The number of anilines is 2. The van der Waals surface area contributed by atoms with Crippen molar-refractivity contribution in [2.45, 2.75) is 32.5 Å². The van der Waals surface area contributed by atoms with E-state index < -0.39 is 11.7 Å². The highest BCUT2D eigenvalue weighted by molar-refractivity contribution is 5.97. The second kappa shape index (κ2) is 7.40. The predicted octanol–water partition coefficient (Wildman–Crippen LogP) is 4.88. The highest BCUT2D eigenvalue weighted by Crippen LogP contribution is 2.33. The van der Waals surface area contributed by atoms with Crippen molar-refractivity contribution in [2.75, 3.05) is 11.5 Å². The van der Waals surface area contributed by atoms with Gasteiger partial charge in [-0.15, -0.1) is 0 Å². The van der Waals surface area contributed by atoms with E-state index in [2.05, 4.69) is 17.1 Å². The molecule has 156 valence electrons. The fraction of sp³-hybridized carbons (Fsp3) is 0.238. The lowest BCUT2D eigenvalue weighted by atomic mass is 10.1. The van der Waals surface area contributed by atoms with Crippen molar-refractivity contribution in [3.8, 4) is 11.5 Å². The maximum Gasteiger partial charge on any atom is 0.416 e. The van der Waals surface area contributed by atoms with Gasteiger partial charge in [-0.05, 0) is 42.8 Å². The topological polar surface area (TPSA) is 95.9 Å². The van der Waals surface area contributed by atoms with E-state index >= 15 is 0 Å². The van der Waals surface area contributed by atoms with Gasteiger partial charge in [-0.25, -0.2) is 0 Å². The number of hydrogen-bond acceptors (Lipinski definition) is 5. The van der Waals surface area contributed by atoms with Gasteiger partial charge in [-0.2, -0.15) is 18.2 Å². The summed E-state index contributed by atoms with van der Waals surface area (Å²) in [7, 11) is 0. The number of hydrogen-bond donors (Lipinski definition) is 2. The van der Waals surface area contributed by atoms with Crippen molar-refractivity contribution in [3.05, 3.63) is 59.5 Å². The molecule has 0 aliphatic carbocycles. The van der Waals surface area contributed by atoms with Crippen molar-refractivity contribution in [3.63, 3.8) is 0 Å². The summed E-state index contributed by atoms with van der Waals surface area (Å²) in [6.45, 7) is 2.37. The summed E-state index contributed by atoms with van der Waals surface area (Å²) >= 11 is 0. The van der Waals surface area contributed by atoms with Crippen LogP contribution in [0, 0.1) is 0 Å². The minimum atomic E-state index is -4.44. The van der Waals surface area contributed by atoms with Crippen molar-refractivity contribution in [1.29, 1.82) is 0 Å². The van der Waals surface area contributed by atoms with Crippen LogP contribution < -0.4 is 11.5 Å². The lowest BCUT2D eigenvalue weighted by Gasteiger charge is -2.08. The van der Waals surface area contributed by atoms with Gasteiger partial charge in [0.2, 0.25) is 0 Å².